The zero-order chi connectivity index (χ0) is 23.3. The van der Waals surface area contributed by atoms with Crippen LogP contribution in [0.3, 0.4) is 0 Å². The molecule has 0 aliphatic heterocycles. The van der Waals surface area contributed by atoms with Gasteiger partial charge in [0.25, 0.3) is 0 Å². The van der Waals surface area contributed by atoms with E-state index in [0.29, 0.717) is 23.7 Å². The van der Waals surface area contributed by atoms with Crippen molar-refractivity contribution in [2.45, 2.75) is 73.4 Å². The van der Waals surface area contributed by atoms with E-state index in [2.05, 4.69) is 24.5 Å². The number of nitrogens with one attached hydrogen (secondary N) is 2. The molecule has 8 heteroatoms. The van der Waals surface area contributed by atoms with Crippen molar-refractivity contribution in [1.82, 2.24) is 15.1 Å². The topological polar surface area (TPSA) is 96.2 Å². The lowest BCUT2D eigenvalue weighted by Crippen LogP contribution is -2.35. The Morgan fingerprint density at radius 1 is 1.23 bits per heavy atom. The second-order valence-electron chi connectivity index (χ2n) is 8.81. The number of amides is 2. The smallest absolute Gasteiger partial charge is 0.404 e. The highest BCUT2D eigenvalue weighted by molar-refractivity contribution is 6.33. The predicted octanol–water partition coefficient (Wildman–Crippen LogP) is 4.89. The van der Waals surface area contributed by atoms with E-state index < -0.39 is 11.5 Å². The molecule has 0 saturated heterocycles. The van der Waals surface area contributed by atoms with Crippen molar-refractivity contribution < 1.29 is 14.7 Å². The molecule has 0 aliphatic rings. The van der Waals surface area contributed by atoms with Gasteiger partial charge < -0.3 is 15.7 Å². The summed E-state index contributed by atoms with van der Waals surface area (Å²) in [5.41, 5.74) is 4.36. The van der Waals surface area contributed by atoms with Crippen LogP contribution < -0.4 is 10.6 Å². The van der Waals surface area contributed by atoms with Crippen LogP contribution >= 0.6 is 11.6 Å². The Morgan fingerprint density at radius 2 is 1.90 bits per heavy atom. The molecule has 170 valence electrons. The van der Waals surface area contributed by atoms with Crippen LogP contribution in [0.15, 0.2) is 18.2 Å². The van der Waals surface area contributed by atoms with E-state index in [1.807, 2.05) is 50.6 Å². The lowest BCUT2D eigenvalue weighted by Gasteiger charge is -2.18. The Bertz CT molecular complexity index is 947. The lowest BCUT2D eigenvalue weighted by molar-refractivity contribution is -0.123. The Labute approximate surface area is 189 Å². The molecule has 2 aromatic rings. The average molecular weight is 449 g/mol. The highest BCUT2D eigenvalue weighted by Gasteiger charge is 2.22. The molecule has 0 saturated carbocycles. The highest BCUT2D eigenvalue weighted by atomic mass is 35.5. The second-order valence-corrected chi connectivity index (χ2v) is 9.21. The van der Waals surface area contributed by atoms with Crippen LogP contribution in [0.2, 0.25) is 5.02 Å². The van der Waals surface area contributed by atoms with Gasteiger partial charge in [-0.15, -0.1) is 0 Å². The first-order chi connectivity index (χ1) is 14.5. The molecule has 0 radical (unpaired) electrons. The number of aromatic nitrogens is 2. The molecule has 1 aromatic carbocycles. The highest BCUT2D eigenvalue weighted by Crippen LogP contribution is 2.28. The van der Waals surface area contributed by atoms with Crippen molar-refractivity contribution in [2.75, 3.05) is 5.32 Å². The maximum atomic E-state index is 12.3. The molecule has 2 rings (SSSR count). The van der Waals surface area contributed by atoms with Crippen LogP contribution in [0, 0.1) is 5.41 Å². The third-order valence-corrected chi connectivity index (χ3v) is 5.39. The van der Waals surface area contributed by atoms with Crippen molar-refractivity contribution in [3.63, 3.8) is 0 Å². The molecule has 0 unspecified atom stereocenters. The van der Waals surface area contributed by atoms with Gasteiger partial charge in [-0.1, -0.05) is 52.3 Å². The number of anilines is 1. The summed E-state index contributed by atoms with van der Waals surface area (Å²) in [5.74, 6) is -0.0888. The van der Waals surface area contributed by atoms with Crippen molar-refractivity contribution in [2.24, 2.45) is 5.41 Å². The number of aryl methyl sites for hydroxylation is 1. The second kappa shape index (κ2) is 10.2. The fraction of sp³-hybridized carbons (Fsp3) is 0.522. The number of halogens is 1. The van der Waals surface area contributed by atoms with Crippen molar-refractivity contribution in [3.05, 3.63) is 45.7 Å². The number of benzene rings is 1. The molecule has 2 amide bonds. The third kappa shape index (κ3) is 6.47. The summed E-state index contributed by atoms with van der Waals surface area (Å²) in [4.78, 5) is 23.2. The van der Waals surface area contributed by atoms with Crippen molar-refractivity contribution in [1.29, 1.82) is 0 Å². The standard InChI is InChI=1S/C23H33ClN4O3/c1-7-18-16(20(8-2)28(27-18)13-14(3)25-22(30)31)11-15-9-10-19(17(24)12-15)26-21(29)23(4,5)6/h9-10,12,14,25H,7-8,11,13H2,1-6H3,(H,26,29)(H,30,31)/t14-/m1/s1. The Morgan fingerprint density at radius 3 is 2.42 bits per heavy atom. The zero-order valence-electron chi connectivity index (χ0n) is 19.2. The molecule has 3 N–H and O–H groups in total. The minimum Gasteiger partial charge on any atom is -0.465 e. The minimum absolute atomic E-state index is 0.0888. The van der Waals surface area contributed by atoms with E-state index in [9.17, 15) is 9.59 Å². The molecule has 0 aliphatic carbocycles. The van der Waals surface area contributed by atoms with E-state index in [1.54, 1.807) is 0 Å². The maximum Gasteiger partial charge on any atom is 0.404 e. The van der Waals surface area contributed by atoms with Gasteiger partial charge in [-0.3, -0.25) is 9.48 Å². The largest absolute Gasteiger partial charge is 0.465 e. The number of carbonyl (C=O) groups excluding carboxylic acids is 1. The van der Waals surface area contributed by atoms with Crippen molar-refractivity contribution >= 4 is 29.3 Å². The fourth-order valence-corrected chi connectivity index (χ4v) is 3.67. The number of carboxylic acid groups (broad SMARTS) is 1. The summed E-state index contributed by atoms with van der Waals surface area (Å²) in [7, 11) is 0. The van der Waals surface area contributed by atoms with Crippen LogP contribution in [0.25, 0.3) is 0 Å². The number of carbonyl (C=O) groups is 2. The van der Waals surface area contributed by atoms with E-state index in [-0.39, 0.29) is 11.9 Å². The van der Waals surface area contributed by atoms with Crippen molar-refractivity contribution in [3.8, 4) is 0 Å². The van der Waals surface area contributed by atoms with Crippen LogP contribution in [0.5, 0.6) is 0 Å². The molecule has 7 nitrogen and oxygen atoms in total. The summed E-state index contributed by atoms with van der Waals surface area (Å²) < 4.78 is 1.91. The SMILES string of the molecule is CCc1nn(C[C@@H](C)NC(=O)O)c(CC)c1Cc1ccc(NC(=O)C(C)(C)C)c(Cl)c1. The molecule has 0 fully saturated rings. The molecule has 1 aromatic heterocycles. The minimum atomic E-state index is -1.04. The average Bonchev–Trinajstić information content (AvgIpc) is 2.98. The van der Waals surface area contributed by atoms with Gasteiger partial charge >= 0.3 is 6.09 Å². The Kier molecular flexibility index (Phi) is 8.12. The van der Waals surface area contributed by atoms with Gasteiger partial charge in [0.05, 0.1) is 22.9 Å². The summed E-state index contributed by atoms with van der Waals surface area (Å²) in [6.45, 7) is 12.0. The summed E-state index contributed by atoms with van der Waals surface area (Å²) in [5, 5.41) is 19.6. The zero-order valence-corrected chi connectivity index (χ0v) is 19.9. The van der Waals surface area contributed by atoms with Crippen LogP contribution in [0.1, 0.15) is 64.1 Å². The van der Waals surface area contributed by atoms with Gasteiger partial charge in [-0.2, -0.15) is 5.10 Å². The summed E-state index contributed by atoms with van der Waals surface area (Å²) in [6.07, 6.45) is 1.20. The van der Waals surface area contributed by atoms with E-state index in [4.69, 9.17) is 21.8 Å². The number of nitrogens with zero attached hydrogens (tertiary/aromatic N) is 2. The lowest BCUT2D eigenvalue weighted by atomic mass is 9.95. The molecule has 0 bridgehead atoms. The Balaban J connectivity index is 2.28. The fourth-order valence-electron chi connectivity index (χ4n) is 3.42. The third-order valence-electron chi connectivity index (χ3n) is 5.08. The maximum absolute atomic E-state index is 12.3. The molecular formula is C23H33ClN4O3. The van der Waals surface area contributed by atoms with Gasteiger partial charge in [0.1, 0.15) is 0 Å². The van der Waals surface area contributed by atoms with Gasteiger partial charge in [0.2, 0.25) is 5.91 Å². The van der Waals surface area contributed by atoms with E-state index >= 15 is 0 Å². The van der Waals surface area contributed by atoms with E-state index in [0.717, 1.165) is 35.4 Å². The first kappa shape index (κ1) is 24.7. The summed E-state index contributed by atoms with van der Waals surface area (Å²) in [6, 6.07) is 5.43. The summed E-state index contributed by atoms with van der Waals surface area (Å²) >= 11 is 6.46. The van der Waals surface area contributed by atoms with Gasteiger partial charge in [0.15, 0.2) is 0 Å². The normalized spacial score (nSPS) is 12.5. The number of hydrogen-bond acceptors (Lipinski definition) is 3. The first-order valence-corrected chi connectivity index (χ1v) is 11.0. The quantitative estimate of drug-likeness (QED) is 0.535. The molecule has 1 atom stereocenters. The van der Waals surface area contributed by atoms with Gasteiger partial charge in [0, 0.05) is 29.1 Å². The van der Waals surface area contributed by atoms with Crippen LogP contribution in [-0.2, 0) is 30.6 Å². The molecule has 1 heterocycles. The molecule has 31 heavy (non-hydrogen) atoms. The Hall–Kier alpha value is -2.54. The molecular weight excluding hydrogens is 416 g/mol. The van der Waals surface area contributed by atoms with E-state index in [1.165, 1.54) is 0 Å². The monoisotopic (exact) mass is 448 g/mol. The van der Waals surface area contributed by atoms with Crippen LogP contribution in [-0.4, -0.2) is 32.9 Å². The van der Waals surface area contributed by atoms with Gasteiger partial charge in [-0.25, -0.2) is 4.79 Å². The number of hydrogen-bond donors (Lipinski definition) is 3. The predicted molar refractivity (Wildman–Crippen MR) is 124 cm³/mol. The van der Waals surface area contributed by atoms with Gasteiger partial charge in [-0.05, 0) is 37.5 Å². The van der Waals surface area contributed by atoms with Crippen LogP contribution in [0.4, 0.5) is 10.5 Å². The number of rotatable bonds is 8. The molecule has 0 spiro atoms. The first-order valence-electron chi connectivity index (χ1n) is 10.6.